The van der Waals surface area contributed by atoms with Crippen LogP contribution in [-0.4, -0.2) is 19.8 Å². The van der Waals surface area contributed by atoms with Crippen LogP contribution < -0.4 is 0 Å². The van der Waals surface area contributed by atoms with Crippen LogP contribution in [0.1, 0.15) is 70.6 Å². The summed E-state index contributed by atoms with van der Waals surface area (Å²) < 4.78 is 11.2. The van der Waals surface area contributed by atoms with Crippen molar-refractivity contribution in [1.82, 2.24) is 0 Å². The minimum Gasteiger partial charge on any atom is -0.499 e. The summed E-state index contributed by atoms with van der Waals surface area (Å²) in [5, 5.41) is 0. The Morgan fingerprint density at radius 2 is 1.11 bits per heavy atom. The topological polar surface area (TPSA) is 18.5 Å². The average molecular weight is 254 g/mol. The zero-order chi connectivity index (χ0) is 12.9. The molecule has 1 heterocycles. The summed E-state index contributed by atoms with van der Waals surface area (Å²) in [7, 11) is 0. The van der Waals surface area contributed by atoms with E-state index in [4.69, 9.17) is 9.47 Å². The zero-order valence-electron chi connectivity index (χ0n) is 11.9. The van der Waals surface area contributed by atoms with Crippen molar-refractivity contribution >= 4 is 0 Å². The SMILES string of the molecule is C=C1CCCCCCCCCCOCCCCO1. The largest absolute Gasteiger partial charge is 0.499 e. The van der Waals surface area contributed by atoms with Crippen LogP contribution in [0.3, 0.4) is 0 Å². The molecule has 2 heteroatoms. The molecular weight excluding hydrogens is 224 g/mol. The van der Waals surface area contributed by atoms with Gasteiger partial charge in [0.25, 0.3) is 0 Å². The van der Waals surface area contributed by atoms with E-state index in [0.717, 1.165) is 44.8 Å². The normalized spacial score (nSPS) is 23.0. The third-order valence-corrected chi connectivity index (χ3v) is 3.48. The highest BCUT2D eigenvalue weighted by molar-refractivity contribution is 4.81. The van der Waals surface area contributed by atoms with Gasteiger partial charge in [-0.2, -0.15) is 0 Å². The first-order valence-electron chi connectivity index (χ1n) is 7.78. The van der Waals surface area contributed by atoms with Crippen LogP contribution in [0.15, 0.2) is 12.3 Å². The van der Waals surface area contributed by atoms with Gasteiger partial charge in [0.15, 0.2) is 0 Å². The van der Waals surface area contributed by atoms with E-state index in [1.807, 2.05) is 0 Å². The van der Waals surface area contributed by atoms with E-state index >= 15 is 0 Å². The predicted molar refractivity (Wildman–Crippen MR) is 76.7 cm³/mol. The van der Waals surface area contributed by atoms with Crippen molar-refractivity contribution in [3.63, 3.8) is 0 Å². The molecule has 0 unspecified atom stereocenters. The van der Waals surface area contributed by atoms with Gasteiger partial charge in [0.05, 0.1) is 12.4 Å². The fourth-order valence-electron chi connectivity index (χ4n) is 2.28. The summed E-state index contributed by atoms with van der Waals surface area (Å²) in [6, 6.07) is 0. The summed E-state index contributed by atoms with van der Waals surface area (Å²) in [4.78, 5) is 0. The molecule has 106 valence electrons. The van der Waals surface area contributed by atoms with Crippen LogP contribution in [0.2, 0.25) is 0 Å². The predicted octanol–water partition coefficient (Wildman–Crippen LogP) is 4.84. The summed E-state index contributed by atoms with van der Waals surface area (Å²) in [6.45, 7) is 6.61. The molecule has 0 bridgehead atoms. The van der Waals surface area contributed by atoms with Crippen molar-refractivity contribution in [3.05, 3.63) is 12.3 Å². The molecule has 0 aromatic carbocycles. The first-order chi connectivity index (χ1) is 8.89. The summed E-state index contributed by atoms with van der Waals surface area (Å²) in [5.41, 5.74) is 0. The highest BCUT2D eigenvalue weighted by Crippen LogP contribution is 2.13. The number of hydrogen-bond donors (Lipinski definition) is 0. The van der Waals surface area contributed by atoms with Gasteiger partial charge in [-0.25, -0.2) is 0 Å². The lowest BCUT2D eigenvalue weighted by Gasteiger charge is -2.09. The van der Waals surface area contributed by atoms with Crippen molar-refractivity contribution in [2.24, 2.45) is 0 Å². The second kappa shape index (κ2) is 11.6. The van der Waals surface area contributed by atoms with Crippen molar-refractivity contribution in [1.29, 1.82) is 0 Å². The van der Waals surface area contributed by atoms with E-state index in [9.17, 15) is 0 Å². The molecule has 0 atom stereocenters. The molecule has 0 spiro atoms. The summed E-state index contributed by atoms with van der Waals surface area (Å²) in [5.74, 6) is 0.972. The molecule has 0 saturated carbocycles. The van der Waals surface area contributed by atoms with Gasteiger partial charge in [0, 0.05) is 19.6 Å². The fraction of sp³-hybridized carbons (Fsp3) is 0.875. The van der Waals surface area contributed by atoms with Crippen LogP contribution in [0.4, 0.5) is 0 Å². The van der Waals surface area contributed by atoms with Crippen molar-refractivity contribution in [2.45, 2.75) is 70.6 Å². The van der Waals surface area contributed by atoms with Gasteiger partial charge >= 0.3 is 0 Å². The highest BCUT2D eigenvalue weighted by Gasteiger charge is 1.98. The number of rotatable bonds is 0. The first kappa shape index (κ1) is 15.6. The Bertz CT molecular complexity index is 181. The lowest BCUT2D eigenvalue weighted by atomic mass is 10.1. The molecule has 1 aliphatic heterocycles. The summed E-state index contributed by atoms with van der Waals surface area (Å²) in [6.07, 6.45) is 13.9. The lowest BCUT2D eigenvalue weighted by molar-refractivity contribution is 0.116. The van der Waals surface area contributed by atoms with Gasteiger partial charge < -0.3 is 9.47 Å². The second-order valence-corrected chi connectivity index (χ2v) is 5.29. The Labute approximate surface area is 113 Å². The zero-order valence-corrected chi connectivity index (χ0v) is 11.9. The summed E-state index contributed by atoms with van der Waals surface area (Å²) >= 11 is 0. The van der Waals surface area contributed by atoms with Crippen molar-refractivity contribution < 1.29 is 9.47 Å². The van der Waals surface area contributed by atoms with E-state index < -0.39 is 0 Å². The Morgan fingerprint density at radius 1 is 0.611 bits per heavy atom. The number of hydrogen-bond acceptors (Lipinski definition) is 2. The maximum Gasteiger partial charge on any atom is 0.0888 e. The van der Waals surface area contributed by atoms with E-state index in [1.54, 1.807) is 0 Å². The van der Waals surface area contributed by atoms with E-state index in [1.165, 1.54) is 51.4 Å². The highest BCUT2D eigenvalue weighted by atomic mass is 16.5. The standard InChI is InChI=1S/C16H30O2/c1-16-12-8-6-4-2-3-5-7-9-13-17-14-10-11-15-18-16/h1-15H2. The van der Waals surface area contributed by atoms with Crippen LogP contribution in [0.25, 0.3) is 0 Å². The first-order valence-corrected chi connectivity index (χ1v) is 7.78. The van der Waals surface area contributed by atoms with Gasteiger partial charge in [-0.1, -0.05) is 45.1 Å². The quantitative estimate of drug-likeness (QED) is 0.616. The van der Waals surface area contributed by atoms with Crippen LogP contribution in [0, 0.1) is 0 Å². The molecule has 0 radical (unpaired) electrons. The minimum absolute atomic E-state index is 0.808. The molecular formula is C16H30O2. The maximum absolute atomic E-state index is 5.62. The maximum atomic E-state index is 5.62. The molecule has 1 aliphatic rings. The van der Waals surface area contributed by atoms with Gasteiger partial charge in [-0.15, -0.1) is 0 Å². The van der Waals surface area contributed by atoms with Gasteiger partial charge in [0.1, 0.15) is 0 Å². The Morgan fingerprint density at radius 3 is 1.83 bits per heavy atom. The molecule has 1 rings (SSSR count). The Balaban J connectivity index is 2.11. The van der Waals surface area contributed by atoms with Crippen LogP contribution in [-0.2, 0) is 9.47 Å². The molecule has 0 aromatic rings. The smallest absolute Gasteiger partial charge is 0.0888 e. The van der Waals surface area contributed by atoms with E-state index in [2.05, 4.69) is 6.58 Å². The third-order valence-electron chi connectivity index (χ3n) is 3.48. The molecule has 0 N–H and O–H groups in total. The number of ether oxygens (including phenoxy) is 2. The van der Waals surface area contributed by atoms with Gasteiger partial charge in [0.2, 0.25) is 0 Å². The van der Waals surface area contributed by atoms with E-state index in [0.29, 0.717) is 0 Å². The molecule has 0 aliphatic carbocycles. The van der Waals surface area contributed by atoms with Crippen molar-refractivity contribution in [2.75, 3.05) is 19.8 Å². The molecule has 18 heavy (non-hydrogen) atoms. The minimum atomic E-state index is 0.808. The average Bonchev–Trinajstić information content (AvgIpc) is 2.37. The van der Waals surface area contributed by atoms with E-state index in [-0.39, 0.29) is 0 Å². The number of allylic oxidation sites excluding steroid dienone is 1. The van der Waals surface area contributed by atoms with Gasteiger partial charge in [-0.3, -0.25) is 0 Å². The van der Waals surface area contributed by atoms with Crippen LogP contribution >= 0.6 is 0 Å². The monoisotopic (exact) mass is 254 g/mol. The Kier molecular flexibility index (Phi) is 10.0. The third kappa shape index (κ3) is 9.52. The van der Waals surface area contributed by atoms with Gasteiger partial charge in [-0.05, 0) is 25.7 Å². The fourth-order valence-corrected chi connectivity index (χ4v) is 2.28. The second-order valence-electron chi connectivity index (χ2n) is 5.29. The molecule has 1 fully saturated rings. The molecule has 1 saturated heterocycles. The molecule has 0 amide bonds. The lowest BCUT2D eigenvalue weighted by Crippen LogP contribution is -2.00. The molecule has 2 nitrogen and oxygen atoms in total. The van der Waals surface area contributed by atoms with Crippen molar-refractivity contribution in [3.8, 4) is 0 Å². The Hall–Kier alpha value is -0.500. The van der Waals surface area contributed by atoms with Crippen LogP contribution in [0.5, 0.6) is 0 Å². The molecule has 0 aromatic heterocycles.